The Morgan fingerprint density at radius 3 is 1.76 bits per heavy atom. The van der Waals surface area contributed by atoms with E-state index in [0.29, 0.717) is 0 Å². The maximum atomic E-state index is 5.92. The molecule has 0 saturated carbocycles. The van der Waals surface area contributed by atoms with Crippen LogP contribution < -0.4 is 0 Å². The number of rotatable bonds is 3. The lowest BCUT2D eigenvalue weighted by atomic mass is 9.95. The zero-order chi connectivity index (χ0) is 12.1. The molecule has 1 heteroatoms. The first-order valence-corrected chi connectivity index (χ1v) is 5.87. The van der Waals surface area contributed by atoms with Crippen LogP contribution in [0.15, 0.2) is 72.8 Å². The highest BCUT2D eigenvalue weighted by Crippen LogP contribution is 2.29. The van der Waals surface area contributed by atoms with Crippen LogP contribution in [0.3, 0.4) is 0 Å². The van der Waals surface area contributed by atoms with Crippen LogP contribution in [0.4, 0.5) is 0 Å². The first-order valence-electron chi connectivity index (χ1n) is 5.43. The molecular formula is C16H13Cl. The van der Waals surface area contributed by atoms with Crippen molar-refractivity contribution < 1.29 is 0 Å². The van der Waals surface area contributed by atoms with Crippen LogP contribution in [0.25, 0.3) is 11.1 Å². The van der Waals surface area contributed by atoms with E-state index < -0.39 is 0 Å². The van der Waals surface area contributed by atoms with Gasteiger partial charge in [0.1, 0.15) is 0 Å². The molecule has 84 valence electrons. The number of hydrogen-bond acceptors (Lipinski definition) is 0. The van der Waals surface area contributed by atoms with Crippen molar-refractivity contribution in [1.82, 2.24) is 0 Å². The summed E-state index contributed by atoms with van der Waals surface area (Å²) >= 11 is 5.92. The van der Waals surface area contributed by atoms with E-state index in [1.54, 1.807) is 5.54 Å². The normalized spacial score (nSPS) is 11.2. The van der Waals surface area contributed by atoms with E-state index in [1.165, 1.54) is 0 Å². The Labute approximate surface area is 107 Å². The molecule has 0 aliphatic heterocycles. The summed E-state index contributed by atoms with van der Waals surface area (Å²) in [5, 5.41) is 0. The van der Waals surface area contributed by atoms with Crippen molar-refractivity contribution in [1.29, 1.82) is 0 Å². The van der Waals surface area contributed by atoms with Crippen LogP contribution in [0.5, 0.6) is 0 Å². The van der Waals surface area contributed by atoms with Gasteiger partial charge >= 0.3 is 0 Å². The zero-order valence-electron chi connectivity index (χ0n) is 9.44. The molecule has 0 fully saturated rings. The highest BCUT2D eigenvalue weighted by molar-refractivity contribution is 6.31. The van der Waals surface area contributed by atoms with Crippen LogP contribution in [-0.4, -0.2) is 0 Å². The Balaban J connectivity index is 2.37. The molecule has 0 amide bonds. The molecule has 0 bridgehead atoms. The molecule has 0 nitrogen and oxygen atoms in total. The molecule has 0 radical (unpaired) electrons. The molecule has 0 N–H and O–H groups in total. The molecule has 2 aromatic rings. The van der Waals surface area contributed by atoms with Gasteiger partial charge in [-0.2, -0.15) is 0 Å². The third kappa shape index (κ3) is 2.66. The van der Waals surface area contributed by atoms with Gasteiger partial charge < -0.3 is 0 Å². The number of hydrogen-bond donors (Lipinski definition) is 0. The summed E-state index contributed by atoms with van der Waals surface area (Å²) in [6.45, 7) is 4.12. The minimum Gasteiger partial charge on any atom is -0.0923 e. The van der Waals surface area contributed by atoms with Gasteiger partial charge in [-0.25, -0.2) is 0 Å². The van der Waals surface area contributed by atoms with E-state index in [2.05, 4.69) is 6.58 Å². The molecule has 2 aromatic carbocycles. The molecule has 2 rings (SSSR count). The molecular weight excluding hydrogens is 228 g/mol. The van der Waals surface area contributed by atoms with Gasteiger partial charge in [0.2, 0.25) is 0 Å². The smallest absolute Gasteiger partial charge is 0.0127 e. The van der Waals surface area contributed by atoms with E-state index in [9.17, 15) is 0 Å². The fourth-order valence-electron chi connectivity index (χ4n) is 1.72. The maximum Gasteiger partial charge on any atom is 0.0127 e. The lowest BCUT2D eigenvalue weighted by Gasteiger charge is -2.10. The minimum absolute atomic E-state index is 0.937. The third-order valence-electron chi connectivity index (χ3n) is 2.64. The maximum absolute atomic E-state index is 5.92. The van der Waals surface area contributed by atoms with E-state index in [-0.39, 0.29) is 0 Å². The lowest BCUT2D eigenvalue weighted by Crippen LogP contribution is -1.88. The average Bonchev–Trinajstić information content (AvgIpc) is 2.42. The van der Waals surface area contributed by atoms with Crippen LogP contribution in [0.1, 0.15) is 11.1 Å². The van der Waals surface area contributed by atoms with Crippen molar-refractivity contribution in [3.05, 3.63) is 83.9 Å². The van der Waals surface area contributed by atoms with Gasteiger partial charge in [-0.05, 0) is 16.7 Å². The van der Waals surface area contributed by atoms with Crippen LogP contribution >= 0.6 is 11.6 Å². The first-order chi connectivity index (χ1) is 8.33. The monoisotopic (exact) mass is 240 g/mol. The predicted octanol–water partition coefficient (Wildman–Crippen LogP) is 4.98. The van der Waals surface area contributed by atoms with E-state index in [4.69, 9.17) is 11.6 Å². The Morgan fingerprint density at radius 2 is 1.29 bits per heavy atom. The fourth-order valence-corrected chi connectivity index (χ4v) is 1.97. The van der Waals surface area contributed by atoms with Gasteiger partial charge in [-0.1, -0.05) is 78.8 Å². The average molecular weight is 241 g/mol. The molecule has 0 unspecified atom stereocenters. The second-order valence-corrected chi connectivity index (χ2v) is 3.95. The third-order valence-corrected chi connectivity index (χ3v) is 2.86. The summed E-state index contributed by atoms with van der Waals surface area (Å²) in [6, 6.07) is 20.1. The molecule has 0 atom stereocenters. The second kappa shape index (κ2) is 5.51. The zero-order valence-corrected chi connectivity index (χ0v) is 10.2. The SMILES string of the molecule is C=C(/C(=C\Cl)c1ccccc1)c1ccccc1. The molecule has 0 aliphatic rings. The summed E-state index contributed by atoms with van der Waals surface area (Å²) in [7, 11) is 0. The van der Waals surface area contributed by atoms with Crippen molar-refractivity contribution in [3.63, 3.8) is 0 Å². The number of benzene rings is 2. The highest BCUT2D eigenvalue weighted by atomic mass is 35.5. The molecule has 0 heterocycles. The van der Waals surface area contributed by atoms with Gasteiger partial charge in [-0.3, -0.25) is 0 Å². The van der Waals surface area contributed by atoms with Crippen molar-refractivity contribution in [3.8, 4) is 0 Å². The second-order valence-electron chi connectivity index (χ2n) is 3.73. The summed E-state index contributed by atoms with van der Waals surface area (Å²) < 4.78 is 0. The predicted molar refractivity (Wildman–Crippen MR) is 75.7 cm³/mol. The summed E-state index contributed by atoms with van der Waals surface area (Å²) in [5.74, 6) is 0. The first kappa shape index (κ1) is 11.7. The lowest BCUT2D eigenvalue weighted by molar-refractivity contribution is 1.59. The highest BCUT2D eigenvalue weighted by Gasteiger charge is 2.06. The van der Waals surface area contributed by atoms with E-state index in [0.717, 1.165) is 22.3 Å². The Bertz CT molecular complexity index is 524. The van der Waals surface area contributed by atoms with Gasteiger partial charge in [0, 0.05) is 11.1 Å². The molecule has 0 spiro atoms. The van der Waals surface area contributed by atoms with Crippen molar-refractivity contribution in [2.45, 2.75) is 0 Å². The molecule has 0 saturated heterocycles. The largest absolute Gasteiger partial charge is 0.0923 e. The van der Waals surface area contributed by atoms with Crippen LogP contribution in [-0.2, 0) is 0 Å². The van der Waals surface area contributed by atoms with E-state index in [1.807, 2.05) is 60.7 Å². The quantitative estimate of drug-likeness (QED) is 0.664. The van der Waals surface area contributed by atoms with Gasteiger partial charge in [0.25, 0.3) is 0 Å². The summed E-state index contributed by atoms with van der Waals surface area (Å²) in [5.41, 5.74) is 5.65. The van der Waals surface area contributed by atoms with Gasteiger partial charge in [0.05, 0.1) is 0 Å². The van der Waals surface area contributed by atoms with E-state index >= 15 is 0 Å². The number of allylic oxidation sites excluding steroid dienone is 2. The van der Waals surface area contributed by atoms with Crippen LogP contribution in [0.2, 0.25) is 0 Å². The number of halogens is 1. The van der Waals surface area contributed by atoms with Crippen molar-refractivity contribution in [2.24, 2.45) is 0 Å². The van der Waals surface area contributed by atoms with Gasteiger partial charge in [0.15, 0.2) is 0 Å². The van der Waals surface area contributed by atoms with Crippen molar-refractivity contribution >= 4 is 22.7 Å². The molecule has 0 aliphatic carbocycles. The molecule has 0 aromatic heterocycles. The topological polar surface area (TPSA) is 0 Å². The minimum atomic E-state index is 0.937. The summed E-state index contributed by atoms with van der Waals surface area (Å²) in [4.78, 5) is 0. The Morgan fingerprint density at radius 1 is 0.824 bits per heavy atom. The Hall–Kier alpha value is -1.79. The van der Waals surface area contributed by atoms with Crippen molar-refractivity contribution in [2.75, 3.05) is 0 Å². The van der Waals surface area contributed by atoms with Gasteiger partial charge in [-0.15, -0.1) is 0 Å². The molecule has 17 heavy (non-hydrogen) atoms. The van der Waals surface area contributed by atoms with Crippen LogP contribution in [0, 0.1) is 0 Å². The fraction of sp³-hybridized carbons (Fsp3) is 0. The Kier molecular flexibility index (Phi) is 3.79. The standard InChI is InChI=1S/C16H13Cl/c1-13(14-8-4-2-5-9-14)16(12-17)15-10-6-3-7-11-15/h2-12H,1H2/b16-12+. The summed E-state index contributed by atoms with van der Waals surface area (Å²) in [6.07, 6.45) is 0.